The summed E-state index contributed by atoms with van der Waals surface area (Å²) in [5, 5.41) is 2.12. The summed E-state index contributed by atoms with van der Waals surface area (Å²) in [5.74, 6) is 5.55. The van der Waals surface area contributed by atoms with E-state index in [1.807, 2.05) is 11.3 Å². The summed E-state index contributed by atoms with van der Waals surface area (Å²) in [6.07, 6.45) is 2.21. The molecule has 0 aliphatic heterocycles. The molecule has 14 heavy (non-hydrogen) atoms. The van der Waals surface area contributed by atoms with Gasteiger partial charge in [-0.3, -0.25) is 11.3 Å². The molecule has 0 spiro atoms. The third-order valence-electron chi connectivity index (χ3n) is 2.51. The maximum absolute atomic E-state index is 5.55. The van der Waals surface area contributed by atoms with Crippen molar-refractivity contribution in [2.24, 2.45) is 11.3 Å². The molecule has 0 bridgehead atoms. The zero-order chi connectivity index (χ0) is 10.6. The van der Waals surface area contributed by atoms with Crippen LogP contribution in [-0.4, -0.2) is 6.04 Å². The molecule has 3 heteroatoms. The minimum Gasteiger partial charge on any atom is -0.271 e. The second-order valence-electron chi connectivity index (χ2n) is 4.70. The van der Waals surface area contributed by atoms with Crippen LogP contribution in [-0.2, 0) is 6.42 Å². The summed E-state index contributed by atoms with van der Waals surface area (Å²) >= 11 is 1.82. The topological polar surface area (TPSA) is 38.0 Å². The molecule has 0 saturated heterocycles. The van der Waals surface area contributed by atoms with Crippen LogP contribution in [0.2, 0.25) is 0 Å². The average Bonchev–Trinajstić information content (AvgIpc) is 2.55. The van der Waals surface area contributed by atoms with Crippen LogP contribution in [0.5, 0.6) is 0 Å². The fourth-order valence-electron chi connectivity index (χ4n) is 1.51. The van der Waals surface area contributed by atoms with Crippen molar-refractivity contribution in [1.29, 1.82) is 0 Å². The van der Waals surface area contributed by atoms with Crippen LogP contribution >= 0.6 is 11.3 Å². The molecule has 0 aliphatic rings. The summed E-state index contributed by atoms with van der Waals surface area (Å²) in [7, 11) is 0. The van der Waals surface area contributed by atoms with Crippen molar-refractivity contribution in [3.63, 3.8) is 0 Å². The van der Waals surface area contributed by atoms with Gasteiger partial charge in [-0.1, -0.05) is 26.8 Å². The molecule has 0 radical (unpaired) electrons. The first-order valence-corrected chi connectivity index (χ1v) is 5.90. The molecule has 0 fully saturated rings. The molecule has 3 N–H and O–H groups in total. The van der Waals surface area contributed by atoms with E-state index >= 15 is 0 Å². The van der Waals surface area contributed by atoms with E-state index in [1.165, 1.54) is 4.88 Å². The molecule has 80 valence electrons. The predicted molar refractivity (Wildman–Crippen MR) is 63.2 cm³/mol. The molecule has 1 unspecified atom stereocenters. The number of nitrogens with two attached hydrogens (primary N) is 1. The van der Waals surface area contributed by atoms with E-state index in [0.717, 1.165) is 12.8 Å². The zero-order valence-electron chi connectivity index (χ0n) is 9.21. The monoisotopic (exact) mass is 212 g/mol. The highest BCUT2D eigenvalue weighted by atomic mass is 32.1. The van der Waals surface area contributed by atoms with Gasteiger partial charge in [-0.05, 0) is 29.7 Å². The SMILES string of the molecule is CC(C)(C)C(CCc1cccs1)NN. The molecule has 0 aromatic carbocycles. The van der Waals surface area contributed by atoms with E-state index < -0.39 is 0 Å². The van der Waals surface area contributed by atoms with Crippen LogP contribution in [0, 0.1) is 5.41 Å². The van der Waals surface area contributed by atoms with E-state index in [2.05, 4.69) is 43.7 Å². The normalized spacial score (nSPS) is 14.3. The van der Waals surface area contributed by atoms with Crippen LogP contribution in [0.4, 0.5) is 0 Å². The minimum absolute atomic E-state index is 0.228. The highest BCUT2D eigenvalue weighted by Crippen LogP contribution is 2.23. The number of aryl methyl sites for hydroxylation is 1. The van der Waals surface area contributed by atoms with Crippen LogP contribution in [0.1, 0.15) is 32.1 Å². The summed E-state index contributed by atoms with van der Waals surface area (Å²) in [6.45, 7) is 6.64. The highest BCUT2D eigenvalue weighted by molar-refractivity contribution is 7.09. The van der Waals surface area contributed by atoms with Crippen molar-refractivity contribution in [3.8, 4) is 0 Å². The quantitative estimate of drug-likeness (QED) is 0.594. The van der Waals surface area contributed by atoms with E-state index in [1.54, 1.807) is 0 Å². The lowest BCUT2D eigenvalue weighted by Gasteiger charge is -2.29. The molecule has 1 aromatic rings. The largest absolute Gasteiger partial charge is 0.271 e. The Bertz CT molecular complexity index is 249. The van der Waals surface area contributed by atoms with Crippen molar-refractivity contribution < 1.29 is 0 Å². The number of thiophene rings is 1. The fraction of sp³-hybridized carbons (Fsp3) is 0.636. The van der Waals surface area contributed by atoms with Gasteiger partial charge in [0.1, 0.15) is 0 Å². The van der Waals surface area contributed by atoms with Gasteiger partial charge in [0, 0.05) is 10.9 Å². The van der Waals surface area contributed by atoms with E-state index in [-0.39, 0.29) is 5.41 Å². The first kappa shape index (κ1) is 11.7. The van der Waals surface area contributed by atoms with Gasteiger partial charge < -0.3 is 0 Å². The Morgan fingerprint density at radius 3 is 2.64 bits per heavy atom. The molecule has 0 saturated carbocycles. The zero-order valence-corrected chi connectivity index (χ0v) is 10.0. The summed E-state index contributed by atoms with van der Waals surface area (Å²) in [4.78, 5) is 1.44. The molecule has 0 amide bonds. The number of hydrogen-bond donors (Lipinski definition) is 2. The molecular weight excluding hydrogens is 192 g/mol. The van der Waals surface area contributed by atoms with Crippen molar-refractivity contribution in [3.05, 3.63) is 22.4 Å². The Morgan fingerprint density at radius 1 is 1.50 bits per heavy atom. The van der Waals surface area contributed by atoms with Gasteiger partial charge >= 0.3 is 0 Å². The summed E-state index contributed by atoms with van der Waals surface area (Å²) in [5.41, 5.74) is 3.14. The number of rotatable bonds is 4. The third kappa shape index (κ3) is 3.40. The molecule has 1 aromatic heterocycles. The predicted octanol–water partition coefficient (Wildman–Crippen LogP) is 2.56. The maximum atomic E-state index is 5.55. The smallest absolute Gasteiger partial charge is 0.0262 e. The second kappa shape index (κ2) is 4.91. The Hall–Kier alpha value is -0.380. The molecule has 2 nitrogen and oxygen atoms in total. The van der Waals surface area contributed by atoms with Crippen LogP contribution < -0.4 is 11.3 Å². The standard InChI is InChI=1S/C11H20N2S/c1-11(2,3)10(13-12)7-6-9-5-4-8-14-9/h4-5,8,10,13H,6-7,12H2,1-3H3. The van der Waals surface area contributed by atoms with Gasteiger partial charge in [-0.15, -0.1) is 11.3 Å². The van der Waals surface area contributed by atoms with Crippen molar-refractivity contribution in [1.82, 2.24) is 5.43 Å². The van der Waals surface area contributed by atoms with Gasteiger partial charge in [-0.25, -0.2) is 0 Å². The number of hydrazine groups is 1. The lowest BCUT2D eigenvalue weighted by Crippen LogP contribution is -2.44. The minimum atomic E-state index is 0.228. The van der Waals surface area contributed by atoms with Gasteiger partial charge in [0.25, 0.3) is 0 Å². The van der Waals surface area contributed by atoms with Crippen LogP contribution in [0.25, 0.3) is 0 Å². The molecule has 1 atom stereocenters. The average molecular weight is 212 g/mol. The lowest BCUT2D eigenvalue weighted by molar-refractivity contribution is 0.257. The van der Waals surface area contributed by atoms with Gasteiger partial charge in [-0.2, -0.15) is 0 Å². The number of hydrogen-bond acceptors (Lipinski definition) is 3. The van der Waals surface area contributed by atoms with Crippen molar-refractivity contribution in [2.45, 2.75) is 39.7 Å². The van der Waals surface area contributed by atoms with Gasteiger partial charge in [0.2, 0.25) is 0 Å². The lowest BCUT2D eigenvalue weighted by atomic mass is 9.84. The van der Waals surface area contributed by atoms with Crippen molar-refractivity contribution >= 4 is 11.3 Å². The molecule has 1 heterocycles. The molecular formula is C11H20N2S. The molecule has 0 aliphatic carbocycles. The number of nitrogens with one attached hydrogen (secondary N) is 1. The fourth-order valence-corrected chi connectivity index (χ4v) is 2.23. The Morgan fingerprint density at radius 2 is 2.21 bits per heavy atom. The highest BCUT2D eigenvalue weighted by Gasteiger charge is 2.22. The van der Waals surface area contributed by atoms with Crippen molar-refractivity contribution in [2.75, 3.05) is 0 Å². The van der Waals surface area contributed by atoms with Gasteiger partial charge in [0.05, 0.1) is 0 Å². The Kier molecular flexibility index (Phi) is 4.11. The summed E-state index contributed by atoms with van der Waals surface area (Å²) < 4.78 is 0. The third-order valence-corrected chi connectivity index (χ3v) is 3.44. The van der Waals surface area contributed by atoms with Crippen LogP contribution in [0.15, 0.2) is 17.5 Å². The summed E-state index contributed by atoms with van der Waals surface area (Å²) in [6, 6.07) is 4.66. The first-order valence-electron chi connectivity index (χ1n) is 5.02. The van der Waals surface area contributed by atoms with E-state index in [4.69, 9.17) is 5.84 Å². The van der Waals surface area contributed by atoms with Crippen LogP contribution in [0.3, 0.4) is 0 Å². The van der Waals surface area contributed by atoms with Gasteiger partial charge in [0.15, 0.2) is 0 Å². The first-order chi connectivity index (χ1) is 6.54. The maximum Gasteiger partial charge on any atom is 0.0262 e. The van der Waals surface area contributed by atoms with E-state index in [0.29, 0.717) is 6.04 Å². The second-order valence-corrected chi connectivity index (χ2v) is 5.74. The Balaban J connectivity index is 2.43. The van der Waals surface area contributed by atoms with E-state index in [9.17, 15) is 0 Å². The molecule has 1 rings (SSSR count). The Labute approximate surface area is 90.5 Å².